The Hall–Kier alpha value is -1.81. The lowest BCUT2D eigenvalue weighted by Crippen LogP contribution is -2.37. The third-order valence-corrected chi connectivity index (χ3v) is 4.40. The van der Waals surface area contributed by atoms with Gasteiger partial charge in [0.2, 0.25) is 0 Å². The van der Waals surface area contributed by atoms with Crippen molar-refractivity contribution < 1.29 is 0 Å². The highest BCUT2D eigenvalue weighted by atomic mass is 35.5. The Morgan fingerprint density at radius 3 is 2.90 bits per heavy atom. The van der Waals surface area contributed by atoms with Gasteiger partial charge in [0, 0.05) is 28.2 Å². The molecule has 4 nitrogen and oxygen atoms in total. The number of nitrogens with zero attached hydrogens (tertiary/aromatic N) is 3. The second-order valence-corrected chi connectivity index (χ2v) is 5.80. The van der Waals surface area contributed by atoms with Crippen molar-refractivity contribution >= 4 is 28.5 Å². The first kappa shape index (κ1) is 12.0. The number of fused-ring (bicyclic) bond motifs is 1. The molecule has 2 heterocycles. The fourth-order valence-corrected chi connectivity index (χ4v) is 3.20. The average Bonchev–Trinajstić information content (AvgIpc) is 3.23. The van der Waals surface area contributed by atoms with E-state index < -0.39 is 0 Å². The number of benzene rings is 1. The smallest absolute Gasteiger partial charge is 0.192 e. The molecule has 0 bridgehead atoms. The largest absolute Gasteiger partial charge is 0.370 e. The molecule has 2 N–H and O–H groups in total. The molecule has 0 radical (unpaired) electrons. The van der Waals surface area contributed by atoms with Gasteiger partial charge < -0.3 is 10.6 Å². The van der Waals surface area contributed by atoms with Crippen molar-refractivity contribution in [2.75, 3.05) is 6.54 Å². The second-order valence-electron chi connectivity index (χ2n) is 5.39. The second kappa shape index (κ2) is 4.35. The third-order valence-electron chi connectivity index (χ3n) is 4.07. The van der Waals surface area contributed by atoms with E-state index >= 15 is 0 Å². The summed E-state index contributed by atoms with van der Waals surface area (Å²) in [4.78, 5) is 11.2. The molecule has 1 aliphatic heterocycles. The van der Waals surface area contributed by atoms with Crippen LogP contribution >= 0.6 is 11.6 Å². The number of hydrogen-bond acceptors (Lipinski definition) is 4. The quantitative estimate of drug-likeness (QED) is 0.923. The first-order valence-electron chi connectivity index (χ1n) is 6.87. The molecule has 1 aromatic heterocycles. The lowest BCUT2D eigenvalue weighted by atomic mass is 10.0. The van der Waals surface area contributed by atoms with Crippen molar-refractivity contribution in [2.45, 2.75) is 24.9 Å². The lowest BCUT2D eigenvalue weighted by Gasteiger charge is -2.27. The van der Waals surface area contributed by atoms with Gasteiger partial charge in [-0.3, -0.25) is 9.98 Å². The monoisotopic (exact) mass is 286 g/mol. The Labute approximate surface area is 122 Å². The van der Waals surface area contributed by atoms with Crippen LogP contribution in [-0.4, -0.2) is 28.4 Å². The molecule has 102 valence electrons. The van der Waals surface area contributed by atoms with E-state index in [-0.39, 0.29) is 6.04 Å². The minimum Gasteiger partial charge on any atom is -0.370 e. The molecule has 2 aromatic rings. The average molecular weight is 287 g/mol. The summed E-state index contributed by atoms with van der Waals surface area (Å²) >= 11 is 6.27. The van der Waals surface area contributed by atoms with E-state index in [1.165, 1.54) is 18.4 Å². The van der Waals surface area contributed by atoms with Crippen LogP contribution in [0.2, 0.25) is 5.02 Å². The molecule has 0 amide bonds. The molecule has 2 aliphatic rings. The first-order chi connectivity index (χ1) is 9.75. The van der Waals surface area contributed by atoms with Crippen LogP contribution in [-0.2, 0) is 0 Å². The molecule has 1 fully saturated rings. The highest BCUT2D eigenvalue weighted by Gasteiger charge is 2.39. The molecular formula is C15H15ClN4. The normalized spacial score (nSPS) is 22.4. The Kier molecular flexibility index (Phi) is 2.60. The number of pyridine rings is 1. The molecule has 5 heteroatoms. The molecule has 20 heavy (non-hydrogen) atoms. The van der Waals surface area contributed by atoms with Gasteiger partial charge in [0.15, 0.2) is 5.96 Å². The molecular weight excluding hydrogens is 272 g/mol. The highest BCUT2D eigenvalue weighted by Crippen LogP contribution is 2.39. The lowest BCUT2D eigenvalue weighted by molar-refractivity contribution is 0.339. The molecule has 1 aliphatic carbocycles. The van der Waals surface area contributed by atoms with E-state index in [2.05, 4.69) is 20.9 Å². The number of nitrogens with two attached hydrogens (primary N) is 1. The molecule has 1 unspecified atom stereocenters. The predicted molar refractivity (Wildman–Crippen MR) is 80.8 cm³/mol. The van der Waals surface area contributed by atoms with Gasteiger partial charge in [0.1, 0.15) is 0 Å². The first-order valence-corrected chi connectivity index (χ1v) is 7.25. The zero-order valence-corrected chi connectivity index (χ0v) is 11.7. The zero-order valence-electron chi connectivity index (χ0n) is 11.0. The summed E-state index contributed by atoms with van der Waals surface area (Å²) in [6.45, 7) is 0.704. The molecule has 0 saturated heterocycles. The van der Waals surface area contributed by atoms with Crippen LogP contribution in [0, 0.1) is 0 Å². The maximum absolute atomic E-state index is 6.27. The minimum atomic E-state index is 0.192. The Bertz CT molecular complexity index is 708. The van der Waals surface area contributed by atoms with Crippen LogP contribution in [0.3, 0.4) is 0 Å². The fourth-order valence-electron chi connectivity index (χ4n) is 2.98. The van der Waals surface area contributed by atoms with E-state index in [0.29, 0.717) is 18.5 Å². The molecule has 1 saturated carbocycles. The Balaban J connectivity index is 1.85. The summed E-state index contributed by atoms with van der Waals surface area (Å²) in [6.07, 6.45) is 4.21. The summed E-state index contributed by atoms with van der Waals surface area (Å²) in [5.74, 6) is 0.663. The zero-order chi connectivity index (χ0) is 13.7. The van der Waals surface area contributed by atoms with Gasteiger partial charge in [0.05, 0.1) is 18.1 Å². The van der Waals surface area contributed by atoms with Gasteiger partial charge >= 0.3 is 0 Å². The van der Waals surface area contributed by atoms with Crippen LogP contribution < -0.4 is 5.73 Å². The van der Waals surface area contributed by atoms with Crippen LogP contribution in [0.5, 0.6) is 0 Å². The van der Waals surface area contributed by atoms with Crippen molar-refractivity contribution in [3.05, 3.63) is 41.0 Å². The number of aliphatic imine (C=N–C) groups is 1. The number of hydrogen-bond donors (Lipinski definition) is 1. The summed E-state index contributed by atoms with van der Waals surface area (Å²) in [5, 5.41) is 1.73. The Morgan fingerprint density at radius 1 is 1.25 bits per heavy atom. The van der Waals surface area contributed by atoms with Gasteiger partial charge in [-0.15, -0.1) is 0 Å². The molecule has 1 aromatic carbocycles. The number of aromatic nitrogens is 1. The van der Waals surface area contributed by atoms with E-state index in [0.717, 1.165) is 15.9 Å². The van der Waals surface area contributed by atoms with E-state index in [4.69, 9.17) is 17.3 Å². The van der Waals surface area contributed by atoms with Crippen molar-refractivity contribution in [1.82, 2.24) is 9.88 Å². The summed E-state index contributed by atoms with van der Waals surface area (Å²) < 4.78 is 0. The fraction of sp³-hybridized carbons (Fsp3) is 0.333. The molecule has 0 spiro atoms. The maximum Gasteiger partial charge on any atom is 0.192 e. The number of halogens is 1. The van der Waals surface area contributed by atoms with Crippen molar-refractivity contribution in [3.63, 3.8) is 0 Å². The van der Waals surface area contributed by atoms with Gasteiger partial charge in [-0.05, 0) is 31.0 Å². The summed E-state index contributed by atoms with van der Waals surface area (Å²) in [6, 6.07) is 8.66. The SMILES string of the molecule is NC1=NCC(c2ccc(Cl)c3cccnc23)N1C1CC1. The number of rotatable bonds is 2. The Morgan fingerprint density at radius 2 is 2.10 bits per heavy atom. The molecule has 4 rings (SSSR count). The van der Waals surface area contributed by atoms with Crippen LogP contribution in [0.15, 0.2) is 35.5 Å². The van der Waals surface area contributed by atoms with Crippen LogP contribution in [0.1, 0.15) is 24.4 Å². The maximum atomic E-state index is 6.27. The predicted octanol–water partition coefficient (Wildman–Crippen LogP) is 2.72. The van der Waals surface area contributed by atoms with Crippen LogP contribution in [0.25, 0.3) is 10.9 Å². The third kappa shape index (κ3) is 1.75. The van der Waals surface area contributed by atoms with Crippen molar-refractivity contribution in [1.29, 1.82) is 0 Å². The van der Waals surface area contributed by atoms with E-state index in [1.807, 2.05) is 24.4 Å². The van der Waals surface area contributed by atoms with Crippen LogP contribution in [0.4, 0.5) is 0 Å². The van der Waals surface area contributed by atoms with Crippen molar-refractivity contribution in [2.24, 2.45) is 10.7 Å². The standard InChI is InChI=1S/C15H15ClN4/c16-12-6-5-11(14-10(12)2-1-7-18-14)13-8-19-15(17)20(13)9-3-4-9/h1-2,5-7,9,13H,3-4,8H2,(H2,17,19). The van der Waals surface area contributed by atoms with Gasteiger partial charge in [0.25, 0.3) is 0 Å². The van der Waals surface area contributed by atoms with E-state index in [9.17, 15) is 0 Å². The van der Waals surface area contributed by atoms with Gasteiger partial charge in [-0.25, -0.2) is 0 Å². The van der Waals surface area contributed by atoms with Crippen molar-refractivity contribution in [3.8, 4) is 0 Å². The van der Waals surface area contributed by atoms with Gasteiger partial charge in [-0.2, -0.15) is 0 Å². The topological polar surface area (TPSA) is 54.5 Å². The van der Waals surface area contributed by atoms with E-state index in [1.54, 1.807) is 0 Å². The minimum absolute atomic E-state index is 0.192. The summed E-state index contributed by atoms with van der Waals surface area (Å²) in [7, 11) is 0. The summed E-state index contributed by atoms with van der Waals surface area (Å²) in [5.41, 5.74) is 8.18. The molecule has 1 atom stereocenters. The highest BCUT2D eigenvalue weighted by molar-refractivity contribution is 6.35. The van der Waals surface area contributed by atoms with Gasteiger partial charge in [-0.1, -0.05) is 17.7 Å². The number of guanidine groups is 1.